The van der Waals surface area contributed by atoms with Gasteiger partial charge in [-0.3, -0.25) is 0 Å². The topological polar surface area (TPSA) is 15.3 Å². The van der Waals surface area contributed by atoms with Crippen LogP contribution >= 0.6 is 15.9 Å². The Labute approximate surface area is 131 Å². The van der Waals surface area contributed by atoms with Crippen molar-refractivity contribution in [3.05, 3.63) is 33.8 Å². The molecule has 1 N–H and O–H groups in total. The van der Waals surface area contributed by atoms with E-state index in [4.69, 9.17) is 0 Å². The molecule has 1 aromatic rings. The minimum absolute atomic E-state index is 0.569. The summed E-state index contributed by atoms with van der Waals surface area (Å²) in [7, 11) is 0. The normalized spacial score (nSPS) is 24.0. The number of likely N-dealkylation sites (tertiary alicyclic amines) is 1. The second kappa shape index (κ2) is 6.59. The molecule has 110 valence electrons. The number of rotatable bonds is 5. The highest BCUT2D eigenvalue weighted by Gasteiger charge is 2.23. The molecular weight excluding hydrogens is 312 g/mol. The van der Waals surface area contributed by atoms with Gasteiger partial charge in [0.15, 0.2) is 0 Å². The van der Waals surface area contributed by atoms with Crippen LogP contribution in [-0.2, 0) is 6.42 Å². The van der Waals surface area contributed by atoms with Crippen LogP contribution in [0.1, 0.15) is 43.4 Å². The minimum atomic E-state index is 0.569. The van der Waals surface area contributed by atoms with Crippen LogP contribution in [0.15, 0.2) is 22.7 Å². The Morgan fingerprint density at radius 2 is 2.15 bits per heavy atom. The highest BCUT2D eigenvalue weighted by atomic mass is 79.9. The Bertz CT molecular complexity index is 454. The third-order valence-electron chi connectivity index (χ3n) is 4.66. The standard InChI is InChI=1S/C17H25BrN2/c1-13(12-20-8-2-3-9-20)11-19-17-7-4-14-10-15(18)5-6-16(14)17/h5-6,10,13,17,19H,2-4,7-9,11-12H2,1H3. The van der Waals surface area contributed by atoms with Crippen LogP contribution in [0.25, 0.3) is 0 Å². The van der Waals surface area contributed by atoms with Gasteiger partial charge in [0.1, 0.15) is 0 Å². The molecule has 1 heterocycles. The fourth-order valence-electron chi connectivity index (χ4n) is 3.61. The van der Waals surface area contributed by atoms with E-state index in [0.717, 1.165) is 12.5 Å². The van der Waals surface area contributed by atoms with Crippen LogP contribution in [0.5, 0.6) is 0 Å². The lowest BCUT2D eigenvalue weighted by Crippen LogP contribution is -2.32. The molecule has 0 bridgehead atoms. The van der Waals surface area contributed by atoms with Crippen molar-refractivity contribution in [2.75, 3.05) is 26.2 Å². The fraction of sp³-hybridized carbons (Fsp3) is 0.647. The number of nitrogens with one attached hydrogen (secondary N) is 1. The van der Waals surface area contributed by atoms with Crippen molar-refractivity contribution in [3.8, 4) is 0 Å². The van der Waals surface area contributed by atoms with Gasteiger partial charge in [0, 0.05) is 17.1 Å². The number of nitrogens with zero attached hydrogens (tertiary/aromatic N) is 1. The van der Waals surface area contributed by atoms with E-state index in [2.05, 4.69) is 51.3 Å². The molecule has 3 rings (SSSR count). The summed E-state index contributed by atoms with van der Waals surface area (Å²) in [5, 5.41) is 3.79. The molecule has 1 saturated heterocycles. The van der Waals surface area contributed by atoms with Crippen molar-refractivity contribution < 1.29 is 0 Å². The molecule has 3 heteroatoms. The molecule has 0 aromatic heterocycles. The summed E-state index contributed by atoms with van der Waals surface area (Å²) in [4.78, 5) is 2.62. The van der Waals surface area contributed by atoms with E-state index < -0.39 is 0 Å². The van der Waals surface area contributed by atoms with Gasteiger partial charge >= 0.3 is 0 Å². The number of halogens is 1. The summed E-state index contributed by atoms with van der Waals surface area (Å²) in [6.45, 7) is 7.39. The van der Waals surface area contributed by atoms with Crippen LogP contribution in [0.3, 0.4) is 0 Å². The molecule has 2 unspecified atom stereocenters. The van der Waals surface area contributed by atoms with Crippen molar-refractivity contribution in [1.29, 1.82) is 0 Å². The number of benzene rings is 1. The van der Waals surface area contributed by atoms with Gasteiger partial charge in [-0.2, -0.15) is 0 Å². The van der Waals surface area contributed by atoms with Crippen molar-refractivity contribution in [2.45, 2.75) is 38.6 Å². The first-order valence-corrected chi connectivity index (χ1v) is 8.76. The predicted molar refractivity (Wildman–Crippen MR) is 88.0 cm³/mol. The van der Waals surface area contributed by atoms with Gasteiger partial charge in [-0.1, -0.05) is 28.9 Å². The summed E-state index contributed by atoms with van der Waals surface area (Å²) in [5.74, 6) is 0.743. The van der Waals surface area contributed by atoms with Crippen molar-refractivity contribution in [2.24, 2.45) is 5.92 Å². The molecule has 0 saturated carbocycles. The lowest BCUT2D eigenvalue weighted by Gasteiger charge is -2.22. The van der Waals surface area contributed by atoms with E-state index in [0.29, 0.717) is 6.04 Å². The first-order chi connectivity index (χ1) is 9.72. The Morgan fingerprint density at radius 1 is 1.35 bits per heavy atom. The van der Waals surface area contributed by atoms with Crippen molar-refractivity contribution >= 4 is 15.9 Å². The summed E-state index contributed by atoms with van der Waals surface area (Å²) in [5.41, 5.74) is 3.03. The molecule has 1 aromatic carbocycles. The Balaban J connectivity index is 1.50. The predicted octanol–water partition coefficient (Wildman–Crippen LogP) is 3.76. The zero-order valence-electron chi connectivity index (χ0n) is 12.4. The van der Waals surface area contributed by atoms with Gasteiger partial charge in [0.05, 0.1) is 0 Å². The van der Waals surface area contributed by atoms with E-state index in [1.165, 1.54) is 60.9 Å². The van der Waals surface area contributed by atoms with Gasteiger partial charge in [0.2, 0.25) is 0 Å². The Morgan fingerprint density at radius 3 is 2.95 bits per heavy atom. The van der Waals surface area contributed by atoms with E-state index >= 15 is 0 Å². The van der Waals surface area contributed by atoms with Crippen LogP contribution < -0.4 is 5.32 Å². The largest absolute Gasteiger partial charge is 0.310 e. The monoisotopic (exact) mass is 336 g/mol. The molecule has 1 fully saturated rings. The highest BCUT2D eigenvalue weighted by Crippen LogP contribution is 2.32. The maximum atomic E-state index is 3.79. The van der Waals surface area contributed by atoms with Crippen LogP contribution in [0, 0.1) is 5.92 Å². The minimum Gasteiger partial charge on any atom is -0.310 e. The Hall–Kier alpha value is -0.380. The summed E-state index contributed by atoms with van der Waals surface area (Å²) >= 11 is 3.57. The van der Waals surface area contributed by atoms with Gasteiger partial charge in [-0.15, -0.1) is 0 Å². The van der Waals surface area contributed by atoms with Gasteiger partial charge in [-0.05, 0) is 74.5 Å². The molecule has 1 aliphatic heterocycles. The average Bonchev–Trinajstić information content (AvgIpc) is 3.05. The first-order valence-electron chi connectivity index (χ1n) is 7.96. The van der Waals surface area contributed by atoms with Crippen LogP contribution in [-0.4, -0.2) is 31.1 Å². The molecule has 1 aliphatic carbocycles. The number of aryl methyl sites for hydroxylation is 1. The van der Waals surface area contributed by atoms with Crippen LogP contribution in [0.4, 0.5) is 0 Å². The van der Waals surface area contributed by atoms with E-state index in [-0.39, 0.29) is 0 Å². The number of hydrogen-bond acceptors (Lipinski definition) is 2. The Kier molecular flexibility index (Phi) is 4.79. The molecule has 2 atom stereocenters. The zero-order chi connectivity index (χ0) is 13.9. The lowest BCUT2D eigenvalue weighted by molar-refractivity contribution is 0.277. The SMILES string of the molecule is CC(CNC1CCc2cc(Br)ccc21)CN1CCCC1. The second-order valence-electron chi connectivity index (χ2n) is 6.46. The van der Waals surface area contributed by atoms with Gasteiger partial charge < -0.3 is 10.2 Å². The van der Waals surface area contributed by atoms with Gasteiger partial charge in [-0.25, -0.2) is 0 Å². The van der Waals surface area contributed by atoms with Crippen LogP contribution in [0.2, 0.25) is 0 Å². The quantitative estimate of drug-likeness (QED) is 0.880. The molecule has 0 spiro atoms. The zero-order valence-corrected chi connectivity index (χ0v) is 14.0. The second-order valence-corrected chi connectivity index (χ2v) is 7.37. The fourth-order valence-corrected chi connectivity index (χ4v) is 4.02. The number of hydrogen-bond donors (Lipinski definition) is 1. The van der Waals surface area contributed by atoms with E-state index in [1.807, 2.05) is 0 Å². The number of fused-ring (bicyclic) bond motifs is 1. The molecule has 0 radical (unpaired) electrons. The van der Waals surface area contributed by atoms with E-state index in [9.17, 15) is 0 Å². The lowest BCUT2D eigenvalue weighted by atomic mass is 10.1. The van der Waals surface area contributed by atoms with Gasteiger partial charge in [0.25, 0.3) is 0 Å². The molecule has 2 aliphatic rings. The third kappa shape index (κ3) is 3.44. The third-order valence-corrected chi connectivity index (χ3v) is 5.16. The molecule has 0 amide bonds. The average molecular weight is 337 g/mol. The van der Waals surface area contributed by atoms with E-state index in [1.54, 1.807) is 0 Å². The van der Waals surface area contributed by atoms with Crippen molar-refractivity contribution in [1.82, 2.24) is 10.2 Å². The smallest absolute Gasteiger partial charge is 0.0326 e. The summed E-state index contributed by atoms with van der Waals surface area (Å²) in [6, 6.07) is 7.31. The maximum Gasteiger partial charge on any atom is 0.0326 e. The summed E-state index contributed by atoms with van der Waals surface area (Å²) < 4.78 is 1.21. The first kappa shape index (κ1) is 14.6. The summed E-state index contributed by atoms with van der Waals surface area (Å²) in [6.07, 6.45) is 5.26. The highest BCUT2D eigenvalue weighted by molar-refractivity contribution is 9.10. The maximum absolute atomic E-state index is 3.79. The molecule has 20 heavy (non-hydrogen) atoms. The van der Waals surface area contributed by atoms with Crippen molar-refractivity contribution in [3.63, 3.8) is 0 Å². The molecular formula is C17H25BrN2. The molecule has 2 nitrogen and oxygen atoms in total.